The van der Waals surface area contributed by atoms with Gasteiger partial charge in [-0.15, -0.1) is 11.3 Å². The van der Waals surface area contributed by atoms with E-state index in [0.717, 1.165) is 19.5 Å². The third-order valence-electron chi connectivity index (χ3n) is 3.73. The normalized spacial score (nSPS) is 33.1. The van der Waals surface area contributed by atoms with Crippen LogP contribution in [0.2, 0.25) is 0 Å². The van der Waals surface area contributed by atoms with Crippen LogP contribution in [-0.4, -0.2) is 28.9 Å². The Hall–Kier alpha value is -0.550. The molecule has 3 rings (SSSR count). The highest BCUT2D eigenvalue weighted by atomic mass is 32.1. The molecule has 88 valence electrons. The van der Waals surface area contributed by atoms with Crippen molar-refractivity contribution in [3.05, 3.63) is 16.6 Å². The van der Waals surface area contributed by atoms with E-state index in [1.54, 1.807) is 16.8 Å². The summed E-state index contributed by atoms with van der Waals surface area (Å²) in [6.45, 7) is 2.27. The van der Waals surface area contributed by atoms with Crippen LogP contribution in [0, 0.1) is 5.41 Å². The number of piperidine rings is 1. The van der Waals surface area contributed by atoms with Gasteiger partial charge in [-0.2, -0.15) is 0 Å². The minimum Gasteiger partial charge on any atom is -0.297 e. The molecule has 0 bridgehead atoms. The molecule has 1 saturated carbocycles. The molecular weight excluding hydrogens is 230 g/mol. The SMILES string of the molecule is FC1(F)CC12CCCN(Cc1cncs1)C2. The van der Waals surface area contributed by atoms with Crippen LogP contribution in [0.4, 0.5) is 8.78 Å². The van der Waals surface area contributed by atoms with Gasteiger partial charge in [0.2, 0.25) is 0 Å². The lowest BCUT2D eigenvalue weighted by atomic mass is 9.94. The van der Waals surface area contributed by atoms with Crippen molar-refractivity contribution in [3.63, 3.8) is 0 Å². The third-order valence-corrected chi connectivity index (χ3v) is 4.49. The number of alkyl halides is 2. The highest BCUT2D eigenvalue weighted by Gasteiger charge is 2.71. The summed E-state index contributed by atoms with van der Waals surface area (Å²) >= 11 is 1.60. The minimum atomic E-state index is -2.40. The van der Waals surface area contributed by atoms with Crippen molar-refractivity contribution in [2.45, 2.75) is 31.7 Å². The third kappa shape index (κ3) is 1.66. The largest absolute Gasteiger partial charge is 0.297 e. The molecule has 1 aliphatic carbocycles. The first-order chi connectivity index (χ1) is 7.61. The average molecular weight is 244 g/mol. The number of nitrogens with zero attached hydrogens (tertiary/aromatic N) is 2. The van der Waals surface area contributed by atoms with Crippen molar-refractivity contribution in [2.75, 3.05) is 13.1 Å². The maximum Gasteiger partial charge on any atom is 0.255 e. The predicted molar refractivity (Wildman–Crippen MR) is 58.6 cm³/mol. The number of thiazole rings is 1. The number of halogens is 2. The number of rotatable bonds is 2. The second-order valence-corrected chi connectivity index (χ2v) is 5.91. The Morgan fingerprint density at radius 2 is 2.31 bits per heavy atom. The zero-order valence-electron chi connectivity index (χ0n) is 8.96. The van der Waals surface area contributed by atoms with E-state index in [-0.39, 0.29) is 6.42 Å². The molecule has 0 N–H and O–H groups in total. The van der Waals surface area contributed by atoms with Crippen LogP contribution in [0.15, 0.2) is 11.7 Å². The molecule has 2 fully saturated rings. The van der Waals surface area contributed by atoms with Crippen LogP contribution in [0.25, 0.3) is 0 Å². The molecule has 1 aromatic heterocycles. The first-order valence-electron chi connectivity index (χ1n) is 5.59. The van der Waals surface area contributed by atoms with E-state index >= 15 is 0 Å². The van der Waals surface area contributed by atoms with E-state index < -0.39 is 11.3 Å². The molecule has 5 heteroatoms. The van der Waals surface area contributed by atoms with Gasteiger partial charge < -0.3 is 0 Å². The number of aromatic nitrogens is 1. The molecule has 0 radical (unpaired) electrons. The van der Waals surface area contributed by atoms with Crippen molar-refractivity contribution in [1.82, 2.24) is 9.88 Å². The lowest BCUT2D eigenvalue weighted by molar-refractivity contribution is 0.0230. The Morgan fingerprint density at radius 3 is 2.94 bits per heavy atom. The standard InChI is InChI=1S/C11H14F2N2S/c12-11(13)6-10(11)2-1-3-15(7-10)5-9-4-14-8-16-9/h4,8H,1-3,5-7H2. The maximum atomic E-state index is 13.3. The number of hydrogen-bond donors (Lipinski definition) is 0. The molecule has 0 aromatic carbocycles. The van der Waals surface area contributed by atoms with Gasteiger partial charge in [0.25, 0.3) is 5.92 Å². The second kappa shape index (κ2) is 3.47. The highest BCUT2D eigenvalue weighted by Crippen LogP contribution is 2.64. The Morgan fingerprint density at radius 1 is 1.50 bits per heavy atom. The molecule has 1 saturated heterocycles. The van der Waals surface area contributed by atoms with E-state index in [1.807, 2.05) is 6.20 Å². The Kier molecular flexibility index (Phi) is 2.30. The van der Waals surface area contributed by atoms with E-state index in [9.17, 15) is 8.78 Å². The fourth-order valence-corrected chi connectivity index (χ4v) is 3.36. The van der Waals surface area contributed by atoms with Gasteiger partial charge in [-0.3, -0.25) is 9.88 Å². The van der Waals surface area contributed by atoms with Gasteiger partial charge in [0.05, 0.1) is 10.9 Å². The van der Waals surface area contributed by atoms with Gasteiger partial charge in [0.1, 0.15) is 0 Å². The first kappa shape index (κ1) is 10.6. The average Bonchev–Trinajstić information content (AvgIpc) is 2.65. The predicted octanol–water partition coefficient (Wildman–Crippen LogP) is 2.76. The van der Waals surface area contributed by atoms with Gasteiger partial charge in [0, 0.05) is 30.6 Å². The lowest BCUT2D eigenvalue weighted by Gasteiger charge is -2.32. The smallest absolute Gasteiger partial charge is 0.255 e. The summed E-state index contributed by atoms with van der Waals surface area (Å²) in [6, 6.07) is 0. The van der Waals surface area contributed by atoms with Gasteiger partial charge in [-0.25, -0.2) is 8.78 Å². The Balaban J connectivity index is 1.65. The van der Waals surface area contributed by atoms with Crippen LogP contribution < -0.4 is 0 Å². The maximum absolute atomic E-state index is 13.3. The minimum absolute atomic E-state index is 0.0964. The van der Waals surface area contributed by atoms with E-state index in [0.29, 0.717) is 13.0 Å². The van der Waals surface area contributed by atoms with Gasteiger partial charge in [-0.05, 0) is 19.4 Å². The van der Waals surface area contributed by atoms with Crippen molar-refractivity contribution in [2.24, 2.45) is 5.41 Å². The van der Waals surface area contributed by atoms with Crippen molar-refractivity contribution >= 4 is 11.3 Å². The van der Waals surface area contributed by atoms with E-state index in [1.165, 1.54) is 4.88 Å². The van der Waals surface area contributed by atoms with Crippen molar-refractivity contribution < 1.29 is 8.78 Å². The monoisotopic (exact) mass is 244 g/mol. The molecular formula is C11H14F2N2S. The summed E-state index contributed by atoms with van der Waals surface area (Å²) in [6.07, 6.45) is 3.52. The highest BCUT2D eigenvalue weighted by molar-refractivity contribution is 7.09. The van der Waals surface area contributed by atoms with Crippen LogP contribution in [-0.2, 0) is 6.54 Å². The molecule has 2 nitrogen and oxygen atoms in total. The summed E-state index contributed by atoms with van der Waals surface area (Å²) in [5, 5.41) is 0. The second-order valence-electron chi connectivity index (χ2n) is 4.94. The van der Waals surface area contributed by atoms with E-state index in [2.05, 4.69) is 9.88 Å². The summed E-state index contributed by atoms with van der Waals surface area (Å²) in [5.41, 5.74) is 1.11. The summed E-state index contributed by atoms with van der Waals surface area (Å²) in [5.74, 6) is -2.40. The zero-order chi connectivity index (χ0) is 11.2. The number of hydrogen-bond acceptors (Lipinski definition) is 3. The molecule has 2 aliphatic rings. The van der Waals surface area contributed by atoms with Crippen LogP contribution in [0.3, 0.4) is 0 Å². The fourth-order valence-electron chi connectivity index (χ4n) is 2.73. The fraction of sp³-hybridized carbons (Fsp3) is 0.727. The molecule has 1 unspecified atom stereocenters. The zero-order valence-corrected chi connectivity index (χ0v) is 9.77. The lowest BCUT2D eigenvalue weighted by Crippen LogP contribution is -2.38. The van der Waals surface area contributed by atoms with Crippen LogP contribution in [0.1, 0.15) is 24.1 Å². The quantitative estimate of drug-likeness (QED) is 0.795. The summed E-state index contributed by atoms with van der Waals surface area (Å²) in [4.78, 5) is 7.33. The van der Waals surface area contributed by atoms with Crippen LogP contribution >= 0.6 is 11.3 Å². The molecule has 1 spiro atoms. The van der Waals surface area contributed by atoms with Gasteiger partial charge in [-0.1, -0.05) is 0 Å². The molecule has 1 aliphatic heterocycles. The van der Waals surface area contributed by atoms with Crippen LogP contribution in [0.5, 0.6) is 0 Å². The van der Waals surface area contributed by atoms with Gasteiger partial charge >= 0.3 is 0 Å². The summed E-state index contributed by atoms with van der Waals surface area (Å²) < 4.78 is 26.6. The Bertz CT molecular complexity index is 379. The molecule has 16 heavy (non-hydrogen) atoms. The topological polar surface area (TPSA) is 16.1 Å². The van der Waals surface area contributed by atoms with Crippen molar-refractivity contribution in [3.8, 4) is 0 Å². The molecule has 0 amide bonds. The van der Waals surface area contributed by atoms with Gasteiger partial charge in [0.15, 0.2) is 0 Å². The Labute approximate surface area is 97.3 Å². The van der Waals surface area contributed by atoms with E-state index in [4.69, 9.17) is 0 Å². The summed E-state index contributed by atoms with van der Waals surface area (Å²) in [7, 11) is 0. The van der Waals surface area contributed by atoms with Crippen molar-refractivity contribution in [1.29, 1.82) is 0 Å². The molecule has 1 aromatic rings. The molecule has 1 atom stereocenters. The first-order valence-corrected chi connectivity index (χ1v) is 6.47. The molecule has 2 heterocycles. The number of likely N-dealkylation sites (tertiary alicyclic amines) is 1.